The molecule has 0 spiro atoms. The van der Waals surface area contributed by atoms with Crippen LogP contribution in [-0.2, 0) is 14.3 Å². The number of nitrogens with one attached hydrogen (secondary N) is 1. The first kappa shape index (κ1) is 13.3. The number of rotatable bonds is 2. The number of aliphatic imine (C=N–C) groups is 1. The first-order valence-corrected chi connectivity index (χ1v) is 5.25. The zero-order valence-electron chi connectivity index (χ0n) is 10.4. The highest BCUT2D eigenvalue weighted by Gasteiger charge is 2.25. The van der Waals surface area contributed by atoms with Crippen molar-refractivity contribution in [3.05, 3.63) is 5.70 Å². The summed E-state index contributed by atoms with van der Waals surface area (Å²) in [6.45, 7) is 7.05. The molecule has 17 heavy (non-hydrogen) atoms. The van der Waals surface area contributed by atoms with Crippen molar-refractivity contribution >= 4 is 17.9 Å². The first-order valence-electron chi connectivity index (χ1n) is 5.25. The number of alkyl carbamates (subject to hydrolysis) is 1. The van der Waals surface area contributed by atoms with Crippen molar-refractivity contribution in [2.24, 2.45) is 4.99 Å². The summed E-state index contributed by atoms with van der Waals surface area (Å²) in [5.74, 6) is 2.07. The standard InChI is InChI=1S/C11H16N2O4/c1-7-13-8(6-14)9(16-7)5-12-10(15)17-11(2,3)4/h9H,5H2,1-4H3,(H,12,15). The van der Waals surface area contributed by atoms with Crippen LogP contribution in [0.4, 0.5) is 4.79 Å². The number of hydrogen-bond donors (Lipinski definition) is 1. The molecular weight excluding hydrogens is 224 g/mol. The zero-order chi connectivity index (χ0) is 13.1. The molecule has 1 unspecified atom stereocenters. The normalized spacial score (nSPS) is 19.2. The molecule has 94 valence electrons. The van der Waals surface area contributed by atoms with Gasteiger partial charge < -0.3 is 14.8 Å². The lowest BCUT2D eigenvalue weighted by atomic mass is 10.2. The van der Waals surface area contributed by atoms with E-state index in [2.05, 4.69) is 10.3 Å². The van der Waals surface area contributed by atoms with Crippen LogP contribution in [0.5, 0.6) is 0 Å². The molecule has 1 heterocycles. The van der Waals surface area contributed by atoms with E-state index >= 15 is 0 Å². The van der Waals surface area contributed by atoms with Crippen LogP contribution < -0.4 is 5.32 Å². The second-order valence-electron chi connectivity index (χ2n) is 4.61. The molecule has 0 aromatic carbocycles. The summed E-state index contributed by atoms with van der Waals surface area (Å²) in [6, 6.07) is 0. The van der Waals surface area contributed by atoms with Crippen molar-refractivity contribution in [3.63, 3.8) is 0 Å². The van der Waals surface area contributed by atoms with Gasteiger partial charge in [-0.15, -0.1) is 0 Å². The minimum absolute atomic E-state index is 0.125. The van der Waals surface area contributed by atoms with E-state index in [-0.39, 0.29) is 12.2 Å². The number of amides is 1. The summed E-state index contributed by atoms with van der Waals surface area (Å²) < 4.78 is 10.3. The predicted octanol–water partition coefficient (Wildman–Crippen LogP) is 1.04. The van der Waals surface area contributed by atoms with E-state index in [1.165, 1.54) is 0 Å². The summed E-state index contributed by atoms with van der Waals surface area (Å²) in [4.78, 5) is 25.7. The molecule has 0 radical (unpaired) electrons. The third-order valence-electron chi connectivity index (χ3n) is 1.83. The molecule has 1 N–H and O–H groups in total. The second-order valence-corrected chi connectivity index (χ2v) is 4.61. The third kappa shape index (κ3) is 4.28. The van der Waals surface area contributed by atoms with E-state index in [0.717, 1.165) is 0 Å². The Morgan fingerprint density at radius 1 is 1.59 bits per heavy atom. The highest BCUT2D eigenvalue weighted by atomic mass is 16.6. The molecule has 0 aromatic heterocycles. The van der Waals surface area contributed by atoms with Crippen molar-refractivity contribution in [3.8, 4) is 0 Å². The molecule has 0 saturated carbocycles. The van der Waals surface area contributed by atoms with Crippen LogP contribution in [-0.4, -0.2) is 36.2 Å². The van der Waals surface area contributed by atoms with Crippen LogP contribution in [0, 0.1) is 0 Å². The van der Waals surface area contributed by atoms with Gasteiger partial charge in [-0.1, -0.05) is 0 Å². The van der Waals surface area contributed by atoms with Gasteiger partial charge in [0.1, 0.15) is 5.60 Å². The molecule has 1 rings (SSSR count). The predicted molar refractivity (Wildman–Crippen MR) is 61.4 cm³/mol. The maximum atomic E-state index is 11.4. The van der Waals surface area contributed by atoms with Crippen molar-refractivity contribution in [2.45, 2.75) is 39.4 Å². The fourth-order valence-corrected chi connectivity index (χ4v) is 1.25. The van der Waals surface area contributed by atoms with Crippen LogP contribution >= 0.6 is 0 Å². The Morgan fingerprint density at radius 2 is 2.24 bits per heavy atom. The highest BCUT2D eigenvalue weighted by molar-refractivity contribution is 5.80. The summed E-state index contributed by atoms with van der Waals surface area (Å²) in [7, 11) is 0. The summed E-state index contributed by atoms with van der Waals surface area (Å²) in [6.07, 6.45) is -1.14. The number of carbonyl (C=O) groups excluding carboxylic acids is 2. The average Bonchev–Trinajstić information content (AvgIpc) is 2.53. The summed E-state index contributed by atoms with van der Waals surface area (Å²) >= 11 is 0. The van der Waals surface area contributed by atoms with E-state index in [1.807, 2.05) is 0 Å². The Balaban J connectivity index is 2.43. The number of ether oxygens (including phenoxy) is 2. The Hall–Kier alpha value is -1.81. The van der Waals surface area contributed by atoms with Gasteiger partial charge in [0.25, 0.3) is 0 Å². The first-order chi connectivity index (χ1) is 7.81. The largest absolute Gasteiger partial charge is 0.469 e. The van der Waals surface area contributed by atoms with E-state index in [0.29, 0.717) is 5.90 Å². The van der Waals surface area contributed by atoms with E-state index in [1.54, 1.807) is 33.6 Å². The number of carbonyl (C=O) groups is 1. The average molecular weight is 240 g/mol. The Bertz CT molecular complexity index is 389. The van der Waals surface area contributed by atoms with Gasteiger partial charge in [-0.05, 0) is 20.8 Å². The topological polar surface area (TPSA) is 77.0 Å². The van der Waals surface area contributed by atoms with E-state index < -0.39 is 17.8 Å². The van der Waals surface area contributed by atoms with Gasteiger partial charge in [-0.25, -0.2) is 14.6 Å². The van der Waals surface area contributed by atoms with Crippen LogP contribution in [0.1, 0.15) is 27.7 Å². The molecule has 1 aliphatic rings. The van der Waals surface area contributed by atoms with Gasteiger partial charge in [0, 0.05) is 6.92 Å². The van der Waals surface area contributed by atoms with Gasteiger partial charge in [0.05, 0.1) is 6.54 Å². The smallest absolute Gasteiger partial charge is 0.407 e. The van der Waals surface area contributed by atoms with Crippen LogP contribution in [0.25, 0.3) is 0 Å². The fourth-order valence-electron chi connectivity index (χ4n) is 1.25. The van der Waals surface area contributed by atoms with Crippen LogP contribution in [0.2, 0.25) is 0 Å². The number of nitrogens with zero attached hydrogens (tertiary/aromatic N) is 1. The van der Waals surface area contributed by atoms with Crippen molar-refractivity contribution in [2.75, 3.05) is 6.54 Å². The Labute approximate surface area is 99.7 Å². The van der Waals surface area contributed by atoms with Crippen molar-refractivity contribution < 1.29 is 19.1 Å². The maximum Gasteiger partial charge on any atom is 0.407 e. The zero-order valence-corrected chi connectivity index (χ0v) is 10.4. The SMILES string of the molecule is CC1=NC(=C=O)C(CNC(=O)OC(C)(C)C)O1. The van der Waals surface area contributed by atoms with Gasteiger partial charge in [0.15, 0.2) is 23.6 Å². The lowest BCUT2D eigenvalue weighted by Crippen LogP contribution is -2.37. The molecule has 1 atom stereocenters. The summed E-state index contributed by atoms with van der Waals surface area (Å²) in [5, 5.41) is 2.51. The van der Waals surface area contributed by atoms with Crippen LogP contribution in [0.3, 0.4) is 0 Å². The molecule has 1 aliphatic heterocycles. The Kier molecular flexibility index (Phi) is 3.91. The maximum absolute atomic E-state index is 11.4. The lowest BCUT2D eigenvalue weighted by molar-refractivity contribution is 0.0509. The van der Waals surface area contributed by atoms with E-state index in [4.69, 9.17) is 9.47 Å². The minimum Gasteiger partial charge on any atom is -0.469 e. The summed E-state index contributed by atoms with van der Waals surface area (Å²) in [5.41, 5.74) is -0.408. The molecule has 0 aliphatic carbocycles. The molecule has 1 amide bonds. The van der Waals surface area contributed by atoms with Crippen molar-refractivity contribution in [1.82, 2.24) is 5.32 Å². The van der Waals surface area contributed by atoms with Gasteiger partial charge in [-0.3, -0.25) is 0 Å². The molecule has 0 bridgehead atoms. The quantitative estimate of drug-likeness (QED) is 0.732. The molecule has 6 heteroatoms. The third-order valence-corrected chi connectivity index (χ3v) is 1.83. The molecule has 0 saturated heterocycles. The lowest BCUT2D eigenvalue weighted by Gasteiger charge is -2.20. The van der Waals surface area contributed by atoms with E-state index in [9.17, 15) is 9.59 Å². The van der Waals surface area contributed by atoms with Gasteiger partial charge in [0.2, 0.25) is 0 Å². The molecule has 0 aromatic rings. The molecular formula is C11H16N2O4. The molecule has 6 nitrogen and oxygen atoms in total. The fraction of sp³-hybridized carbons (Fsp3) is 0.636. The van der Waals surface area contributed by atoms with Crippen LogP contribution in [0.15, 0.2) is 10.7 Å². The second kappa shape index (κ2) is 5.01. The van der Waals surface area contributed by atoms with Crippen molar-refractivity contribution in [1.29, 1.82) is 0 Å². The number of hydrogen-bond acceptors (Lipinski definition) is 5. The monoisotopic (exact) mass is 240 g/mol. The highest BCUT2D eigenvalue weighted by Crippen LogP contribution is 2.14. The Morgan fingerprint density at radius 3 is 2.76 bits per heavy atom. The molecule has 0 fully saturated rings. The van der Waals surface area contributed by atoms with Gasteiger partial charge >= 0.3 is 6.09 Å². The minimum atomic E-state index is -0.583. The van der Waals surface area contributed by atoms with Gasteiger partial charge in [-0.2, -0.15) is 0 Å².